The summed E-state index contributed by atoms with van der Waals surface area (Å²) in [6.07, 6.45) is 3.05. The largest absolute Gasteiger partial charge is 0.444 e. The van der Waals surface area contributed by atoms with Crippen LogP contribution in [0.1, 0.15) is 31.1 Å². The number of carbonyl (C=O) groups excluding carboxylic acids is 2. The van der Waals surface area contributed by atoms with Crippen LogP contribution in [0.25, 0.3) is 10.8 Å². The number of anilines is 2. The highest BCUT2D eigenvalue weighted by molar-refractivity contribution is 9.10. The van der Waals surface area contributed by atoms with E-state index in [4.69, 9.17) is 4.74 Å². The van der Waals surface area contributed by atoms with Crippen LogP contribution in [0.15, 0.2) is 53.3 Å². The van der Waals surface area contributed by atoms with Gasteiger partial charge < -0.3 is 19.9 Å². The molecule has 8 nitrogen and oxygen atoms in total. The summed E-state index contributed by atoms with van der Waals surface area (Å²) >= 11 is 3.47. The van der Waals surface area contributed by atoms with Gasteiger partial charge in [0.15, 0.2) is 0 Å². The Labute approximate surface area is 201 Å². The molecule has 0 spiro atoms. The van der Waals surface area contributed by atoms with Crippen LogP contribution in [0.2, 0.25) is 0 Å². The summed E-state index contributed by atoms with van der Waals surface area (Å²) in [6.45, 7) is 7.85. The van der Waals surface area contributed by atoms with Gasteiger partial charge in [0.1, 0.15) is 17.2 Å². The summed E-state index contributed by atoms with van der Waals surface area (Å²) in [4.78, 5) is 37.7. The summed E-state index contributed by atoms with van der Waals surface area (Å²) < 4.78 is 6.41. The molecule has 4 rings (SSSR count). The zero-order valence-corrected chi connectivity index (χ0v) is 20.4. The maximum atomic E-state index is 12.9. The molecular formula is C24H26BrN5O3. The summed E-state index contributed by atoms with van der Waals surface area (Å²) in [6, 6.07) is 11.2. The number of nitrogens with one attached hydrogen (secondary N) is 1. The van der Waals surface area contributed by atoms with Gasteiger partial charge in [-0.05, 0) is 56.5 Å². The van der Waals surface area contributed by atoms with E-state index in [0.29, 0.717) is 43.4 Å². The smallest absolute Gasteiger partial charge is 0.410 e. The quantitative estimate of drug-likeness (QED) is 0.548. The Bertz CT molecular complexity index is 1190. The number of aromatic nitrogens is 2. The number of ether oxygens (including phenoxy) is 1. The Morgan fingerprint density at radius 1 is 1.00 bits per heavy atom. The normalized spacial score (nSPS) is 14.3. The van der Waals surface area contributed by atoms with E-state index in [-0.39, 0.29) is 12.0 Å². The third-order valence-corrected chi connectivity index (χ3v) is 5.68. The summed E-state index contributed by atoms with van der Waals surface area (Å²) in [7, 11) is 0. The Balaban J connectivity index is 1.41. The van der Waals surface area contributed by atoms with Crippen LogP contribution in [0.4, 0.5) is 16.4 Å². The van der Waals surface area contributed by atoms with Crippen molar-refractivity contribution in [3.05, 3.63) is 58.8 Å². The predicted molar refractivity (Wildman–Crippen MR) is 132 cm³/mol. The monoisotopic (exact) mass is 511 g/mol. The summed E-state index contributed by atoms with van der Waals surface area (Å²) in [5.74, 6) is 0.921. The Kier molecular flexibility index (Phi) is 6.51. The molecule has 0 bridgehead atoms. The standard InChI is InChI=1S/C24H26BrN5O3/c1-24(2,3)33-23(32)30-10-8-29(9-11-30)21-14-16(6-7-26-21)22(31)28-20-13-18-12-19(25)5-4-17(18)15-27-20/h4-7,12-15H,8-11H2,1-3H3,(H,27,28,31). The number of piperazine rings is 1. The van der Waals surface area contributed by atoms with Crippen molar-refractivity contribution < 1.29 is 14.3 Å². The minimum absolute atomic E-state index is 0.257. The van der Waals surface area contributed by atoms with Gasteiger partial charge in [-0.3, -0.25) is 4.79 Å². The van der Waals surface area contributed by atoms with Gasteiger partial charge in [-0.1, -0.05) is 22.0 Å². The average molecular weight is 512 g/mol. The second-order valence-electron chi connectivity index (χ2n) is 8.87. The van der Waals surface area contributed by atoms with E-state index in [1.807, 2.05) is 45.0 Å². The van der Waals surface area contributed by atoms with Crippen LogP contribution in [0.5, 0.6) is 0 Å². The van der Waals surface area contributed by atoms with Crippen LogP contribution in [0.3, 0.4) is 0 Å². The second-order valence-corrected chi connectivity index (χ2v) is 9.79. The maximum Gasteiger partial charge on any atom is 0.410 e. The number of nitrogens with zero attached hydrogens (tertiary/aromatic N) is 4. The molecule has 1 aliphatic rings. The first-order valence-electron chi connectivity index (χ1n) is 10.7. The minimum Gasteiger partial charge on any atom is -0.444 e. The molecule has 1 fully saturated rings. The van der Waals surface area contributed by atoms with Crippen molar-refractivity contribution in [1.82, 2.24) is 14.9 Å². The van der Waals surface area contributed by atoms with Gasteiger partial charge >= 0.3 is 6.09 Å². The van der Waals surface area contributed by atoms with Crippen LogP contribution in [0, 0.1) is 0 Å². The highest BCUT2D eigenvalue weighted by atomic mass is 79.9. The molecule has 0 aliphatic carbocycles. The Morgan fingerprint density at radius 3 is 2.48 bits per heavy atom. The van der Waals surface area contributed by atoms with Crippen LogP contribution < -0.4 is 10.2 Å². The van der Waals surface area contributed by atoms with Gasteiger partial charge in [0.25, 0.3) is 5.91 Å². The Morgan fingerprint density at radius 2 is 1.76 bits per heavy atom. The molecule has 33 heavy (non-hydrogen) atoms. The maximum absolute atomic E-state index is 12.9. The van der Waals surface area contributed by atoms with Crippen molar-refractivity contribution in [2.75, 3.05) is 36.4 Å². The first-order chi connectivity index (χ1) is 15.7. The first-order valence-corrected chi connectivity index (χ1v) is 11.5. The van der Waals surface area contributed by atoms with Crippen molar-refractivity contribution in [1.29, 1.82) is 0 Å². The molecule has 1 saturated heterocycles. The lowest BCUT2D eigenvalue weighted by molar-refractivity contribution is 0.0240. The first kappa shape index (κ1) is 23.0. The van der Waals surface area contributed by atoms with Gasteiger partial charge in [-0.15, -0.1) is 0 Å². The number of hydrogen-bond acceptors (Lipinski definition) is 6. The fourth-order valence-corrected chi connectivity index (χ4v) is 3.92. The fraction of sp³-hybridized carbons (Fsp3) is 0.333. The van der Waals surface area contributed by atoms with Gasteiger partial charge in [0, 0.05) is 54.0 Å². The molecule has 1 N–H and O–H groups in total. The Hall–Kier alpha value is -3.20. The minimum atomic E-state index is -0.520. The van der Waals surface area contributed by atoms with Gasteiger partial charge in [-0.2, -0.15) is 0 Å². The number of halogens is 1. The van der Waals surface area contributed by atoms with E-state index in [9.17, 15) is 9.59 Å². The van der Waals surface area contributed by atoms with Gasteiger partial charge in [0.2, 0.25) is 0 Å². The van der Waals surface area contributed by atoms with Crippen molar-refractivity contribution in [2.45, 2.75) is 26.4 Å². The molecule has 172 valence electrons. The van der Waals surface area contributed by atoms with Crippen molar-refractivity contribution >= 4 is 50.3 Å². The SMILES string of the molecule is CC(C)(C)OC(=O)N1CCN(c2cc(C(=O)Nc3cc4cc(Br)ccc4cn3)ccn2)CC1. The van der Waals surface area contributed by atoms with E-state index in [0.717, 1.165) is 15.2 Å². The molecule has 0 radical (unpaired) electrons. The highest BCUT2D eigenvalue weighted by Crippen LogP contribution is 2.22. The molecule has 2 aromatic heterocycles. The number of fused-ring (bicyclic) bond motifs is 1. The molecule has 3 aromatic rings. The fourth-order valence-electron chi connectivity index (χ4n) is 3.55. The summed E-state index contributed by atoms with van der Waals surface area (Å²) in [5.41, 5.74) is -0.0286. The van der Waals surface area contributed by atoms with Crippen molar-refractivity contribution in [3.8, 4) is 0 Å². The number of rotatable bonds is 3. The zero-order valence-electron chi connectivity index (χ0n) is 18.8. The van der Waals surface area contributed by atoms with Crippen LogP contribution in [-0.2, 0) is 4.74 Å². The molecule has 0 saturated carbocycles. The predicted octanol–water partition coefficient (Wildman–Crippen LogP) is 4.70. The highest BCUT2D eigenvalue weighted by Gasteiger charge is 2.26. The molecule has 3 heterocycles. The van der Waals surface area contributed by atoms with Crippen molar-refractivity contribution in [2.24, 2.45) is 0 Å². The molecular weight excluding hydrogens is 486 g/mol. The van der Waals surface area contributed by atoms with Crippen LogP contribution in [-0.4, -0.2) is 58.6 Å². The van der Waals surface area contributed by atoms with Gasteiger partial charge in [-0.25, -0.2) is 14.8 Å². The van der Waals surface area contributed by atoms with Crippen LogP contribution >= 0.6 is 15.9 Å². The third kappa shape index (κ3) is 5.78. The number of pyridine rings is 2. The molecule has 9 heteroatoms. The lowest BCUT2D eigenvalue weighted by atomic mass is 10.2. The number of carbonyl (C=O) groups is 2. The van der Waals surface area contributed by atoms with E-state index in [1.54, 1.807) is 29.4 Å². The average Bonchev–Trinajstić information content (AvgIpc) is 2.78. The molecule has 2 amide bonds. The van der Waals surface area contributed by atoms with E-state index in [1.165, 1.54) is 0 Å². The van der Waals surface area contributed by atoms with Gasteiger partial charge in [0.05, 0.1) is 0 Å². The number of amides is 2. The molecule has 0 atom stereocenters. The molecule has 1 aromatic carbocycles. The third-order valence-electron chi connectivity index (χ3n) is 5.19. The van der Waals surface area contributed by atoms with E-state index in [2.05, 4.69) is 36.1 Å². The molecule has 0 unspecified atom stereocenters. The second kappa shape index (κ2) is 9.35. The lowest BCUT2D eigenvalue weighted by Gasteiger charge is -2.36. The topological polar surface area (TPSA) is 87.7 Å². The van der Waals surface area contributed by atoms with Crippen molar-refractivity contribution in [3.63, 3.8) is 0 Å². The van der Waals surface area contributed by atoms with E-state index >= 15 is 0 Å². The summed E-state index contributed by atoms with van der Waals surface area (Å²) in [5, 5.41) is 4.84. The molecule has 1 aliphatic heterocycles. The number of hydrogen-bond donors (Lipinski definition) is 1. The zero-order chi connectivity index (χ0) is 23.6. The number of benzene rings is 1. The lowest BCUT2D eigenvalue weighted by Crippen LogP contribution is -2.50. The van der Waals surface area contributed by atoms with E-state index < -0.39 is 5.60 Å².